The SMILES string of the molecule is CCCCc1ccc(NC(=O)COC(=O)C2CCN(c3ccc(C(F)(F)F)cn3)CC2)cc1. The average Bonchev–Trinajstić information content (AvgIpc) is 2.82. The Bertz CT molecular complexity index is 923. The highest BCUT2D eigenvalue weighted by Gasteiger charge is 2.31. The van der Waals surface area contributed by atoms with Crippen molar-refractivity contribution in [3.8, 4) is 0 Å². The van der Waals surface area contributed by atoms with Gasteiger partial charge in [-0.3, -0.25) is 9.59 Å². The minimum Gasteiger partial charge on any atom is -0.455 e. The van der Waals surface area contributed by atoms with Crippen molar-refractivity contribution >= 4 is 23.4 Å². The number of nitrogens with one attached hydrogen (secondary N) is 1. The molecule has 1 aromatic heterocycles. The number of aryl methyl sites for hydroxylation is 1. The van der Waals surface area contributed by atoms with Gasteiger partial charge in [0, 0.05) is 25.0 Å². The van der Waals surface area contributed by atoms with E-state index in [1.54, 1.807) is 0 Å². The zero-order chi connectivity index (χ0) is 23.8. The molecule has 0 spiro atoms. The van der Waals surface area contributed by atoms with Gasteiger partial charge in [-0.2, -0.15) is 13.2 Å². The van der Waals surface area contributed by atoms with Crippen LogP contribution in [0.25, 0.3) is 0 Å². The quantitative estimate of drug-likeness (QED) is 0.567. The molecule has 0 unspecified atom stereocenters. The van der Waals surface area contributed by atoms with E-state index < -0.39 is 23.6 Å². The Kier molecular flexibility index (Phi) is 8.30. The van der Waals surface area contributed by atoms with E-state index in [1.807, 2.05) is 29.2 Å². The van der Waals surface area contributed by atoms with Gasteiger partial charge < -0.3 is 15.0 Å². The summed E-state index contributed by atoms with van der Waals surface area (Å²) in [5.41, 5.74) is 1.06. The average molecular weight is 464 g/mol. The van der Waals surface area contributed by atoms with Crippen LogP contribution in [0.3, 0.4) is 0 Å². The van der Waals surface area contributed by atoms with E-state index in [0.29, 0.717) is 37.4 Å². The fourth-order valence-corrected chi connectivity index (χ4v) is 3.67. The second-order valence-electron chi connectivity index (χ2n) is 8.12. The molecule has 1 aromatic carbocycles. The number of amides is 1. The fraction of sp³-hybridized carbons (Fsp3) is 0.458. The maximum absolute atomic E-state index is 12.7. The maximum Gasteiger partial charge on any atom is 0.417 e. The molecule has 178 valence electrons. The maximum atomic E-state index is 12.7. The van der Waals surface area contributed by atoms with Gasteiger partial charge in [0.1, 0.15) is 5.82 Å². The number of esters is 1. The summed E-state index contributed by atoms with van der Waals surface area (Å²) in [7, 11) is 0. The number of aromatic nitrogens is 1. The lowest BCUT2D eigenvalue weighted by atomic mass is 9.97. The summed E-state index contributed by atoms with van der Waals surface area (Å²) in [6.45, 7) is 2.70. The molecular weight excluding hydrogens is 435 g/mol. The van der Waals surface area contributed by atoms with Crippen LogP contribution in [0.5, 0.6) is 0 Å². The van der Waals surface area contributed by atoms with Crippen LogP contribution in [0.4, 0.5) is 24.7 Å². The van der Waals surface area contributed by atoms with Crippen LogP contribution in [-0.4, -0.2) is 36.6 Å². The van der Waals surface area contributed by atoms with E-state index in [-0.39, 0.29) is 12.5 Å². The first kappa shape index (κ1) is 24.5. The van der Waals surface area contributed by atoms with Crippen LogP contribution in [0.1, 0.15) is 43.7 Å². The van der Waals surface area contributed by atoms with Gasteiger partial charge in [-0.1, -0.05) is 25.5 Å². The minimum atomic E-state index is -4.42. The number of hydrogen-bond acceptors (Lipinski definition) is 5. The van der Waals surface area contributed by atoms with E-state index in [4.69, 9.17) is 4.74 Å². The largest absolute Gasteiger partial charge is 0.455 e. The molecule has 3 rings (SSSR count). The third kappa shape index (κ3) is 7.20. The standard InChI is InChI=1S/C24H28F3N3O3/c1-2-3-4-17-5-8-20(9-6-17)29-22(31)16-33-23(32)18-11-13-30(14-12-18)21-10-7-19(15-28-21)24(25,26)27/h5-10,15,18H,2-4,11-14,16H2,1H3,(H,29,31). The number of rotatable bonds is 8. The smallest absolute Gasteiger partial charge is 0.417 e. The van der Waals surface area contributed by atoms with Gasteiger partial charge in [-0.25, -0.2) is 4.98 Å². The van der Waals surface area contributed by atoms with Crippen molar-refractivity contribution in [2.45, 2.75) is 45.2 Å². The lowest BCUT2D eigenvalue weighted by Gasteiger charge is -2.31. The number of carbonyl (C=O) groups excluding carboxylic acids is 2. The number of carbonyl (C=O) groups is 2. The predicted molar refractivity (Wildman–Crippen MR) is 119 cm³/mol. The number of benzene rings is 1. The molecule has 1 aliphatic heterocycles. The third-order valence-electron chi connectivity index (χ3n) is 5.63. The summed E-state index contributed by atoms with van der Waals surface area (Å²) in [6, 6.07) is 9.93. The van der Waals surface area contributed by atoms with Crippen LogP contribution in [0, 0.1) is 5.92 Å². The van der Waals surface area contributed by atoms with E-state index in [0.717, 1.165) is 31.5 Å². The molecule has 2 aromatic rings. The normalized spacial score (nSPS) is 14.7. The number of halogens is 3. The number of unbranched alkanes of at least 4 members (excludes halogenated alkanes) is 1. The second kappa shape index (κ2) is 11.2. The van der Waals surface area contributed by atoms with Crippen LogP contribution < -0.4 is 10.2 Å². The van der Waals surface area contributed by atoms with Gasteiger partial charge >= 0.3 is 12.1 Å². The first-order valence-electron chi connectivity index (χ1n) is 11.1. The Balaban J connectivity index is 1.40. The van der Waals surface area contributed by atoms with Gasteiger partial charge in [0.25, 0.3) is 5.91 Å². The van der Waals surface area contributed by atoms with E-state index in [1.165, 1.54) is 11.6 Å². The van der Waals surface area contributed by atoms with Crippen molar-refractivity contribution in [2.75, 3.05) is 29.9 Å². The molecule has 1 fully saturated rings. The van der Waals surface area contributed by atoms with Crippen molar-refractivity contribution < 1.29 is 27.5 Å². The number of nitrogens with zero attached hydrogens (tertiary/aromatic N) is 2. The zero-order valence-corrected chi connectivity index (χ0v) is 18.5. The molecule has 6 nitrogen and oxygen atoms in total. The molecule has 0 atom stereocenters. The van der Waals surface area contributed by atoms with Crippen molar-refractivity contribution in [1.82, 2.24) is 4.98 Å². The lowest BCUT2D eigenvalue weighted by Crippen LogP contribution is -2.38. The molecule has 9 heteroatoms. The number of anilines is 2. The van der Waals surface area contributed by atoms with E-state index in [9.17, 15) is 22.8 Å². The van der Waals surface area contributed by atoms with Crippen molar-refractivity contribution in [3.63, 3.8) is 0 Å². The second-order valence-corrected chi connectivity index (χ2v) is 8.12. The monoisotopic (exact) mass is 463 g/mol. The Morgan fingerprint density at radius 3 is 2.39 bits per heavy atom. The van der Waals surface area contributed by atoms with E-state index in [2.05, 4.69) is 17.2 Å². The molecule has 1 N–H and O–H groups in total. The summed E-state index contributed by atoms with van der Waals surface area (Å²) in [4.78, 5) is 30.2. The number of pyridine rings is 1. The molecule has 33 heavy (non-hydrogen) atoms. The highest BCUT2D eigenvalue weighted by molar-refractivity contribution is 5.92. The van der Waals surface area contributed by atoms with Crippen LogP contribution in [0.2, 0.25) is 0 Å². The van der Waals surface area contributed by atoms with Gasteiger partial charge in [0.2, 0.25) is 0 Å². The summed E-state index contributed by atoms with van der Waals surface area (Å²) in [5.74, 6) is -0.771. The Morgan fingerprint density at radius 2 is 1.82 bits per heavy atom. The molecule has 1 saturated heterocycles. The van der Waals surface area contributed by atoms with Crippen LogP contribution in [-0.2, 0) is 26.9 Å². The lowest BCUT2D eigenvalue weighted by molar-refractivity contribution is -0.152. The molecule has 1 amide bonds. The van der Waals surface area contributed by atoms with Crippen LogP contribution >= 0.6 is 0 Å². The molecule has 0 saturated carbocycles. The Hall–Kier alpha value is -3.10. The summed E-state index contributed by atoms with van der Waals surface area (Å²) in [6.07, 6.45) is 0.566. The van der Waals surface area contributed by atoms with Crippen molar-refractivity contribution in [1.29, 1.82) is 0 Å². The zero-order valence-electron chi connectivity index (χ0n) is 18.5. The minimum absolute atomic E-state index is 0.360. The number of hydrogen-bond donors (Lipinski definition) is 1. The highest BCUT2D eigenvalue weighted by Crippen LogP contribution is 2.30. The molecule has 0 bridgehead atoms. The predicted octanol–water partition coefficient (Wildman–Crippen LogP) is 4.84. The van der Waals surface area contributed by atoms with Gasteiger partial charge in [0.05, 0.1) is 11.5 Å². The van der Waals surface area contributed by atoms with E-state index >= 15 is 0 Å². The summed E-state index contributed by atoms with van der Waals surface area (Å²) in [5, 5.41) is 2.71. The number of piperidine rings is 1. The first-order valence-corrected chi connectivity index (χ1v) is 11.1. The number of alkyl halides is 3. The Morgan fingerprint density at radius 1 is 1.12 bits per heavy atom. The van der Waals surface area contributed by atoms with Gasteiger partial charge in [-0.15, -0.1) is 0 Å². The van der Waals surface area contributed by atoms with Gasteiger partial charge in [0.15, 0.2) is 6.61 Å². The van der Waals surface area contributed by atoms with Crippen molar-refractivity contribution in [3.05, 3.63) is 53.7 Å². The highest BCUT2D eigenvalue weighted by atomic mass is 19.4. The first-order chi connectivity index (χ1) is 15.8. The molecule has 1 aliphatic rings. The molecule has 0 radical (unpaired) electrons. The topological polar surface area (TPSA) is 71.5 Å². The number of ether oxygens (including phenoxy) is 1. The fourth-order valence-electron chi connectivity index (χ4n) is 3.67. The molecular formula is C24H28F3N3O3. The third-order valence-corrected chi connectivity index (χ3v) is 5.63. The molecule has 0 aliphatic carbocycles. The Labute approximate surface area is 191 Å². The molecule has 2 heterocycles. The summed E-state index contributed by atoms with van der Waals surface area (Å²) >= 11 is 0. The van der Waals surface area contributed by atoms with Crippen molar-refractivity contribution in [2.24, 2.45) is 5.92 Å². The van der Waals surface area contributed by atoms with Gasteiger partial charge in [-0.05, 0) is 55.5 Å². The van der Waals surface area contributed by atoms with Crippen LogP contribution in [0.15, 0.2) is 42.6 Å². The summed E-state index contributed by atoms with van der Waals surface area (Å²) < 4.78 is 43.2.